The second-order valence-corrected chi connectivity index (χ2v) is 3.56. The number of benzene rings is 1. The van der Waals surface area contributed by atoms with Crippen LogP contribution in [0.5, 0.6) is 0 Å². The van der Waals surface area contributed by atoms with Gasteiger partial charge in [0.25, 0.3) is 5.91 Å². The molecule has 2 N–H and O–H groups in total. The van der Waals surface area contributed by atoms with E-state index in [2.05, 4.69) is 15.6 Å². The predicted octanol–water partition coefficient (Wildman–Crippen LogP) is 1.10. The van der Waals surface area contributed by atoms with E-state index >= 15 is 0 Å². The fourth-order valence-corrected chi connectivity index (χ4v) is 1.60. The highest BCUT2D eigenvalue weighted by molar-refractivity contribution is 6.06. The lowest BCUT2D eigenvalue weighted by Gasteiger charge is -2.08. The lowest BCUT2D eigenvalue weighted by Crippen LogP contribution is -2.25. The number of guanidine groups is 1. The minimum Gasteiger partial charge on any atom is -0.340 e. The van der Waals surface area contributed by atoms with Gasteiger partial charge in [0.05, 0.1) is 0 Å². The fourth-order valence-electron chi connectivity index (χ4n) is 1.60. The largest absolute Gasteiger partial charge is 0.340 e. The van der Waals surface area contributed by atoms with Crippen molar-refractivity contribution in [1.29, 1.82) is 0 Å². The molecule has 90 valence electrons. The van der Waals surface area contributed by atoms with E-state index in [1.807, 2.05) is 6.92 Å². The number of hydrogen-bond donors (Lipinski definition) is 2. The quantitative estimate of drug-likeness (QED) is 0.812. The number of amides is 1. The molecular weight excluding hydrogens is 228 g/mol. The van der Waals surface area contributed by atoms with Crippen LogP contribution >= 0.6 is 0 Å². The van der Waals surface area contributed by atoms with Crippen LogP contribution in [0.1, 0.15) is 18.5 Å². The Kier molecular flexibility index (Phi) is 3.03. The van der Waals surface area contributed by atoms with E-state index < -0.39 is 17.7 Å². The van der Waals surface area contributed by atoms with Crippen LogP contribution in [0.3, 0.4) is 0 Å². The number of carbonyl (C=O) groups is 1. The molecule has 1 heterocycles. The number of carbonyl (C=O) groups excluding carboxylic acids is 1. The van der Waals surface area contributed by atoms with E-state index in [9.17, 15) is 13.6 Å². The number of nitrogens with one attached hydrogen (secondary N) is 2. The molecule has 17 heavy (non-hydrogen) atoms. The molecule has 1 aromatic rings. The van der Waals surface area contributed by atoms with Crippen LogP contribution < -0.4 is 10.6 Å². The Labute approximate surface area is 96.7 Å². The molecule has 2 rings (SSSR count). The highest BCUT2D eigenvalue weighted by atomic mass is 19.2. The zero-order valence-electron chi connectivity index (χ0n) is 9.13. The van der Waals surface area contributed by atoms with Crippen molar-refractivity contribution >= 4 is 11.9 Å². The molecule has 1 atom stereocenters. The zero-order valence-corrected chi connectivity index (χ0v) is 9.13. The Hall–Kier alpha value is -1.98. The van der Waals surface area contributed by atoms with Crippen molar-refractivity contribution in [3.63, 3.8) is 0 Å². The summed E-state index contributed by atoms with van der Waals surface area (Å²) < 4.78 is 25.8. The third-order valence-electron chi connectivity index (χ3n) is 2.38. The first-order chi connectivity index (χ1) is 8.11. The summed E-state index contributed by atoms with van der Waals surface area (Å²) >= 11 is 0. The van der Waals surface area contributed by atoms with Gasteiger partial charge in [0.1, 0.15) is 6.04 Å². The van der Waals surface area contributed by atoms with Gasteiger partial charge in [0, 0.05) is 6.54 Å². The number of aliphatic imine (C=N–C) groups is 1. The van der Waals surface area contributed by atoms with Gasteiger partial charge in [0.15, 0.2) is 17.6 Å². The van der Waals surface area contributed by atoms with E-state index in [0.717, 1.165) is 12.1 Å². The fraction of sp³-hybridized carbons (Fsp3) is 0.273. The third-order valence-corrected chi connectivity index (χ3v) is 2.38. The molecule has 0 saturated carbocycles. The summed E-state index contributed by atoms with van der Waals surface area (Å²) in [5.74, 6) is -1.89. The minimum absolute atomic E-state index is 0.330. The van der Waals surface area contributed by atoms with Crippen LogP contribution in [0.2, 0.25) is 0 Å². The molecule has 1 aromatic carbocycles. The number of hydrogen-bond acceptors (Lipinski definition) is 2. The summed E-state index contributed by atoms with van der Waals surface area (Å²) in [4.78, 5) is 15.6. The molecule has 0 aromatic heterocycles. The summed E-state index contributed by atoms with van der Waals surface area (Å²) in [6.45, 7) is 2.35. The Morgan fingerprint density at radius 2 is 2.12 bits per heavy atom. The molecule has 1 unspecified atom stereocenters. The molecule has 1 aliphatic rings. The standard InChI is InChI=1S/C11H11F2N3O/c1-2-14-11-15-9(10(17)16-11)6-3-4-7(12)8(13)5-6/h3-5,9H,2H2,1H3,(H2,14,15,16,17). The van der Waals surface area contributed by atoms with Gasteiger partial charge in [-0.3, -0.25) is 15.1 Å². The molecule has 6 heteroatoms. The molecule has 0 spiro atoms. The second-order valence-electron chi connectivity index (χ2n) is 3.56. The monoisotopic (exact) mass is 239 g/mol. The van der Waals surface area contributed by atoms with Gasteiger partial charge in [0.2, 0.25) is 0 Å². The molecular formula is C11H11F2N3O. The Balaban J connectivity index is 2.26. The molecule has 1 amide bonds. The van der Waals surface area contributed by atoms with Crippen LogP contribution in [-0.4, -0.2) is 18.4 Å². The van der Waals surface area contributed by atoms with Crippen molar-refractivity contribution in [1.82, 2.24) is 10.6 Å². The van der Waals surface area contributed by atoms with Gasteiger partial charge >= 0.3 is 0 Å². The van der Waals surface area contributed by atoms with Crippen molar-refractivity contribution in [2.24, 2.45) is 4.99 Å². The van der Waals surface area contributed by atoms with Crippen molar-refractivity contribution < 1.29 is 13.6 Å². The average Bonchev–Trinajstić information content (AvgIpc) is 2.64. The van der Waals surface area contributed by atoms with Crippen molar-refractivity contribution in [3.05, 3.63) is 35.4 Å². The molecule has 1 aliphatic heterocycles. The average molecular weight is 239 g/mol. The summed E-state index contributed by atoms with van der Waals surface area (Å²) in [5, 5.41) is 5.33. The highest BCUT2D eigenvalue weighted by Gasteiger charge is 2.29. The lowest BCUT2D eigenvalue weighted by molar-refractivity contribution is -0.120. The molecule has 1 saturated heterocycles. The van der Waals surface area contributed by atoms with E-state index in [1.54, 1.807) is 0 Å². The van der Waals surface area contributed by atoms with Gasteiger partial charge in [-0.1, -0.05) is 6.07 Å². The van der Waals surface area contributed by atoms with Crippen molar-refractivity contribution in [2.75, 3.05) is 6.54 Å². The van der Waals surface area contributed by atoms with Gasteiger partial charge < -0.3 is 5.32 Å². The van der Waals surface area contributed by atoms with Gasteiger partial charge in [-0.2, -0.15) is 0 Å². The second kappa shape index (κ2) is 4.48. The highest BCUT2D eigenvalue weighted by Crippen LogP contribution is 2.18. The number of halogens is 2. The van der Waals surface area contributed by atoms with E-state index in [4.69, 9.17) is 0 Å². The van der Waals surface area contributed by atoms with Gasteiger partial charge in [-0.25, -0.2) is 8.78 Å². The molecule has 4 nitrogen and oxygen atoms in total. The van der Waals surface area contributed by atoms with Crippen LogP contribution in [0.25, 0.3) is 0 Å². The molecule has 0 aliphatic carbocycles. The topological polar surface area (TPSA) is 53.5 Å². The summed E-state index contributed by atoms with van der Waals surface area (Å²) in [5.41, 5.74) is 0.364. The van der Waals surface area contributed by atoms with E-state index in [0.29, 0.717) is 18.1 Å². The van der Waals surface area contributed by atoms with E-state index in [1.165, 1.54) is 6.07 Å². The normalized spacial score (nSPS) is 21.5. The summed E-state index contributed by atoms with van der Waals surface area (Å²) in [7, 11) is 0. The van der Waals surface area contributed by atoms with Crippen LogP contribution in [0.15, 0.2) is 23.2 Å². The minimum atomic E-state index is -0.974. The Bertz CT molecular complexity index is 488. The maximum Gasteiger partial charge on any atom is 0.253 e. The van der Waals surface area contributed by atoms with Crippen LogP contribution in [-0.2, 0) is 4.79 Å². The van der Waals surface area contributed by atoms with Crippen LogP contribution in [0, 0.1) is 11.6 Å². The van der Waals surface area contributed by atoms with E-state index in [-0.39, 0.29) is 5.91 Å². The summed E-state index contributed by atoms with van der Waals surface area (Å²) in [6.07, 6.45) is 0. The third kappa shape index (κ3) is 2.25. The zero-order chi connectivity index (χ0) is 12.4. The Morgan fingerprint density at radius 1 is 1.35 bits per heavy atom. The first-order valence-corrected chi connectivity index (χ1v) is 5.18. The van der Waals surface area contributed by atoms with Crippen LogP contribution in [0.4, 0.5) is 8.78 Å². The number of nitrogens with zero attached hydrogens (tertiary/aromatic N) is 1. The lowest BCUT2D eigenvalue weighted by atomic mass is 10.1. The van der Waals surface area contributed by atoms with Gasteiger partial charge in [-0.05, 0) is 24.6 Å². The first kappa shape index (κ1) is 11.5. The molecule has 1 fully saturated rings. The molecule has 0 bridgehead atoms. The van der Waals surface area contributed by atoms with Crippen molar-refractivity contribution in [3.8, 4) is 0 Å². The van der Waals surface area contributed by atoms with Gasteiger partial charge in [-0.15, -0.1) is 0 Å². The smallest absolute Gasteiger partial charge is 0.253 e. The molecule has 0 radical (unpaired) electrons. The van der Waals surface area contributed by atoms with Crippen molar-refractivity contribution in [2.45, 2.75) is 13.0 Å². The summed E-state index contributed by atoms with van der Waals surface area (Å²) in [6, 6.07) is 2.64. The predicted molar refractivity (Wildman–Crippen MR) is 58.4 cm³/mol. The maximum atomic E-state index is 13.0. The maximum absolute atomic E-state index is 13.0. The SMILES string of the molecule is CCN=C1NC(=O)C(c2ccc(F)c(F)c2)N1. The number of rotatable bonds is 2. The first-order valence-electron chi connectivity index (χ1n) is 5.18. The Morgan fingerprint density at radius 3 is 2.76 bits per heavy atom.